The van der Waals surface area contributed by atoms with E-state index in [-0.39, 0.29) is 17.6 Å². The number of rotatable bonds is 6. The fourth-order valence-corrected chi connectivity index (χ4v) is 4.34. The minimum atomic E-state index is -0.174. The number of aryl methyl sites for hydroxylation is 2. The van der Waals surface area contributed by atoms with Crippen LogP contribution in [0.15, 0.2) is 29.0 Å². The van der Waals surface area contributed by atoms with Crippen LogP contribution in [0.1, 0.15) is 54.4 Å². The number of furan rings is 1. The number of hydrogen-bond donors (Lipinski definition) is 1. The zero-order chi connectivity index (χ0) is 19.6. The van der Waals surface area contributed by atoms with E-state index in [1.807, 2.05) is 4.68 Å². The third-order valence-corrected chi connectivity index (χ3v) is 6.11. The van der Waals surface area contributed by atoms with Gasteiger partial charge < -0.3 is 14.5 Å². The van der Waals surface area contributed by atoms with E-state index < -0.39 is 0 Å². The number of likely N-dealkylation sites (tertiary alicyclic amines) is 1. The first-order valence-electron chi connectivity index (χ1n) is 10.3. The zero-order valence-corrected chi connectivity index (χ0v) is 16.8. The summed E-state index contributed by atoms with van der Waals surface area (Å²) in [4.78, 5) is 14.5. The molecule has 1 spiro atoms. The third kappa shape index (κ3) is 4.15. The molecule has 0 aromatic carbocycles. The molecule has 2 saturated heterocycles. The molecule has 2 aromatic rings. The van der Waals surface area contributed by atoms with Crippen molar-refractivity contribution < 1.29 is 13.9 Å². The standard InChI is InChI=1S/C21H30N4O3/c1-3-25-15-17(16(2)23-25)14-24-10-8-21(9-11-24)7-6-18(28-21)13-22-20(26)19-5-4-12-27-19/h4-5,12,15,18H,3,6-11,13-14H2,1-2H3,(H,22,26). The van der Waals surface area contributed by atoms with Crippen LogP contribution in [0.2, 0.25) is 0 Å². The van der Waals surface area contributed by atoms with Crippen LogP contribution in [0.4, 0.5) is 0 Å². The molecule has 152 valence electrons. The first kappa shape index (κ1) is 19.2. The summed E-state index contributed by atoms with van der Waals surface area (Å²) in [6.45, 7) is 8.71. The van der Waals surface area contributed by atoms with Crippen molar-refractivity contribution in [3.05, 3.63) is 41.6 Å². The predicted octanol–water partition coefficient (Wildman–Crippen LogP) is 2.75. The number of carbonyl (C=O) groups is 1. The summed E-state index contributed by atoms with van der Waals surface area (Å²) >= 11 is 0. The van der Waals surface area contributed by atoms with Gasteiger partial charge in [-0.25, -0.2) is 0 Å². The molecule has 2 aromatic heterocycles. The summed E-state index contributed by atoms with van der Waals surface area (Å²) in [6, 6.07) is 3.40. The largest absolute Gasteiger partial charge is 0.459 e. The highest BCUT2D eigenvalue weighted by Gasteiger charge is 2.42. The van der Waals surface area contributed by atoms with Gasteiger partial charge >= 0.3 is 0 Å². The molecule has 0 aliphatic carbocycles. The van der Waals surface area contributed by atoms with Gasteiger partial charge in [0, 0.05) is 44.5 Å². The van der Waals surface area contributed by atoms with Crippen LogP contribution in [-0.2, 0) is 17.8 Å². The molecule has 0 bridgehead atoms. The van der Waals surface area contributed by atoms with E-state index in [4.69, 9.17) is 9.15 Å². The summed E-state index contributed by atoms with van der Waals surface area (Å²) in [6.07, 6.45) is 7.96. The third-order valence-electron chi connectivity index (χ3n) is 6.11. The molecule has 7 nitrogen and oxygen atoms in total. The second-order valence-electron chi connectivity index (χ2n) is 8.02. The maximum Gasteiger partial charge on any atom is 0.287 e. The first-order valence-corrected chi connectivity index (χ1v) is 10.3. The fraction of sp³-hybridized carbons (Fsp3) is 0.619. The minimum Gasteiger partial charge on any atom is -0.459 e. The maximum atomic E-state index is 12.0. The second kappa shape index (κ2) is 8.09. The molecule has 2 aliphatic rings. The molecule has 4 heterocycles. The molecular weight excluding hydrogens is 356 g/mol. The zero-order valence-electron chi connectivity index (χ0n) is 16.8. The van der Waals surface area contributed by atoms with Crippen LogP contribution in [0.3, 0.4) is 0 Å². The maximum absolute atomic E-state index is 12.0. The summed E-state index contributed by atoms with van der Waals surface area (Å²) in [5.41, 5.74) is 2.44. The second-order valence-corrected chi connectivity index (χ2v) is 8.02. The van der Waals surface area contributed by atoms with Crippen molar-refractivity contribution in [2.75, 3.05) is 19.6 Å². The smallest absolute Gasteiger partial charge is 0.287 e. The van der Waals surface area contributed by atoms with E-state index in [1.165, 1.54) is 11.8 Å². The SMILES string of the molecule is CCn1cc(CN2CCC3(CCC(CNC(=O)c4ccco4)O3)CC2)c(C)n1. The quantitative estimate of drug-likeness (QED) is 0.826. The Labute approximate surface area is 166 Å². The van der Waals surface area contributed by atoms with Gasteiger partial charge in [-0.05, 0) is 51.7 Å². The first-order chi connectivity index (χ1) is 13.6. The predicted molar refractivity (Wildman–Crippen MR) is 105 cm³/mol. The average molecular weight is 386 g/mol. The van der Waals surface area contributed by atoms with Gasteiger partial charge in [0.1, 0.15) is 0 Å². The van der Waals surface area contributed by atoms with Crippen molar-refractivity contribution in [2.45, 2.75) is 64.3 Å². The van der Waals surface area contributed by atoms with Gasteiger partial charge in [0.2, 0.25) is 0 Å². The molecule has 0 radical (unpaired) electrons. The van der Waals surface area contributed by atoms with Gasteiger partial charge in [0.05, 0.1) is 23.7 Å². The van der Waals surface area contributed by atoms with Crippen LogP contribution in [0, 0.1) is 6.92 Å². The lowest BCUT2D eigenvalue weighted by molar-refractivity contribution is -0.0764. The molecule has 28 heavy (non-hydrogen) atoms. The molecule has 1 amide bonds. The molecule has 1 atom stereocenters. The van der Waals surface area contributed by atoms with Crippen molar-refractivity contribution in [3.63, 3.8) is 0 Å². The lowest BCUT2D eigenvalue weighted by Gasteiger charge is -2.39. The van der Waals surface area contributed by atoms with E-state index in [9.17, 15) is 4.79 Å². The Morgan fingerprint density at radius 1 is 1.36 bits per heavy atom. The Hall–Kier alpha value is -2.12. The van der Waals surface area contributed by atoms with Crippen LogP contribution >= 0.6 is 0 Å². The summed E-state index contributed by atoms with van der Waals surface area (Å²) in [5, 5.41) is 7.48. The van der Waals surface area contributed by atoms with E-state index in [0.717, 1.165) is 57.6 Å². The van der Waals surface area contributed by atoms with Gasteiger partial charge in [-0.15, -0.1) is 0 Å². The molecular formula is C21H30N4O3. The molecule has 1 unspecified atom stereocenters. The summed E-state index contributed by atoms with van der Waals surface area (Å²) in [5.74, 6) is 0.176. The number of carbonyl (C=O) groups excluding carboxylic acids is 1. The lowest BCUT2D eigenvalue weighted by atomic mass is 9.88. The Balaban J connectivity index is 1.24. The Morgan fingerprint density at radius 2 is 2.18 bits per heavy atom. The number of hydrogen-bond acceptors (Lipinski definition) is 5. The topological polar surface area (TPSA) is 72.5 Å². The molecule has 2 aliphatic heterocycles. The molecule has 1 N–H and O–H groups in total. The highest BCUT2D eigenvalue weighted by atomic mass is 16.5. The van der Waals surface area contributed by atoms with Gasteiger partial charge in [-0.1, -0.05) is 0 Å². The Morgan fingerprint density at radius 3 is 2.86 bits per heavy atom. The van der Waals surface area contributed by atoms with Gasteiger partial charge in [0.15, 0.2) is 5.76 Å². The van der Waals surface area contributed by atoms with Gasteiger partial charge in [0.25, 0.3) is 5.91 Å². The van der Waals surface area contributed by atoms with Gasteiger partial charge in [-0.3, -0.25) is 14.4 Å². The van der Waals surface area contributed by atoms with Crippen LogP contribution in [0.5, 0.6) is 0 Å². The average Bonchev–Trinajstić information content (AvgIpc) is 3.44. The van der Waals surface area contributed by atoms with Crippen molar-refractivity contribution in [2.24, 2.45) is 0 Å². The van der Waals surface area contributed by atoms with Crippen LogP contribution < -0.4 is 5.32 Å². The van der Waals surface area contributed by atoms with Gasteiger partial charge in [-0.2, -0.15) is 5.10 Å². The highest BCUT2D eigenvalue weighted by molar-refractivity contribution is 5.91. The lowest BCUT2D eigenvalue weighted by Crippen LogP contribution is -2.44. The Kier molecular flexibility index (Phi) is 5.55. The van der Waals surface area contributed by atoms with Crippen molar-refractivity contribution in [3.8, 4) is 0 Å². The Bertz CT molecular complexity index is 791. The fourth-order valence-electron chi connectivity index (χ4n) is 4.34. The van der Waals surface area contributed by atoms with E-state index in [0.29, 0.717) is 12.3 Å². The molecule has 0 saturated carbocycles. The highest BCUT2D eigenvalue weighted by Crippen LogP contribution is 2.39. The molecule has 2 fully saturated rings. The summed E-state index contributed by atoms with van der Waals surface area (Å²) in [7, 11) is 0. The molecule has 7 heteroatoms. The number of nitrogens with one attached hydrogen (secondary N) is 1. The number of amides is 1. The number of ether oxygens (including phenoxy) is 1. The van der Waals surface area contributed by atoms with Crippen molar-refractivity contribution in [1.82, 2.24) is 20.0 Å². The monoisotopic (exact) mass is 386 g/mol. The van der Waals surface area contributed by atoms with Crippen molar-refractivity contribution >= 4 is 5.91 Å². The van der Waals surface area contributed by atoms with Crippen LogP contribution in [-0.4, -0.2) is 51.9 Å². The minimum absolute atomic E-state index is 0.0147. The van der Waals surface area contributed by atoms with E-state index >= 15 is 0 Å². The van der Waals surface area contributed by atoms with Crippen molar-refractivity contribution in [1.29, 1.82) is 0 Å². The number of nitrogens with zero attached hydrogens (tertiary/aromatic N) is 3. The van der Waals surface area contributed by atoms with Crippen LogP contribution in [0.25, 0.3) is 0 Å². The molecule has 4 rings (SSSR count). The van der Waals surface area contributed by atoms with E-state index in [2.05, 4.69) is 35.4 Å². The number of piperidine rings is 1. The summed E-state index contributed by atoms with van der Waals surface area (Å²) < 4.78 is 13.6. The number of aromatic nitrogens is 2. The normalized spacial score (nSPS) is 22.0. The van der Waals surface area contributed by atoms with E-state index in [1.54, 1.807) is 12.1 Å².